The molecule has 3 aromatic rings. The van der Waals surface area contributed by atoms with Gasteiger partial charge in [0.25, 0.3) is 0 Å². The van der Waals surface area contributed by atoms with E-state index < -0.39 is 23.4 Å². The summed E-state index contributed by atoms with van der Waals surface area (Å²) in [6.45, 7) is 1.69. The molecule has 4 rings (SSSR count). The number of esters is 1. The Hall–Kier alpha value is -3.25. The van der Waals surface area contributed by atoms with Gasteiger partial charge in [0.05, 0.1) is 12.2 Å². The summed E-state index contributed by atoms with van der Waals surface area (Å²) in [6.07, 6.45) is 2.05. The number of allylic oxidation sites excluding steroid dienone is 2. The Morgan fingerprint density at radius 1 is 0.971 bits per heavy atom. The number of carbonyl (C=O) groups excluding carboxylic acids is 1. The first-order valence-corrected chi connectivity index (χ1v) is 11.3. The summed E-state index contributed by atoms with van der Waals surface area (Å²) in [4.78, 5) is 12.2. The summed E-state index contributed by atoms with van der Waals surface area (Å²) < 4.78 is 53.5. The molecule has 3 aromatic carbocycles. The minimum Gasteiger partial charge on any atom is -0.488 e. The average Bonchev–Trinajstić information content (AvgIpc) is 3.29. The molecule has 0 saturated heterocycles. The molecule has 34 heavy (non-hydrogen) atoms. The molecular weight excluding hydrogens is 465 g/mol. The van der Waals surface area contributed by atoms with Gasteiger partial charge in [-0.2, -0.15) is 0 Å². The maximum absolute atomic E-state index is 15.3. The zero-order valence-corrected chi connectivity index (χ0v) is 19.2. The van der Waals surface area contributed by atoms with Crippen molar-refractivity contribution in [3.05, 3.63) is 99.3 Å². The molecule has 1 aliphatic rings. The highest BCUT2D eigenvalue weighted by atomic mass is 35.5. The van der Waals surface area contributed by atoms with Crippen LogP contribution in [0.25, 0.3) is 11.1 Å². The number of hydrogen-bond acceptors (Lipinski definition) is 3. The van der Waals surface area contributed by atoms with Gasteiger partial charge < -0.3 is 9.47 Å². The number of rotatable bonds is 7. The lowest BCUT2D eigenvalue weighted by Crippen LogP contribution is -2.08. The fourth-order valence-electron chi connectivity index (χ4n) is 4.13. The molecule has 1 aliphatic carbocycles. The molecule has 0 radical (unpaired) electrons. The number of hydrogen-bond donors (Lipinski definition) is 0. The van der Waals surface area contributed by atoms with Crippen LogP contribution < -0.4 is 4.74 Å². The monoisotopic (exact) mass is 486 g/mol. The van der Waals surface area contributed by atoms with Crippen molar-refractivity contribution in [3.8, 4) is 5.75 Å². The number of halogens is 4. The van der Waals surface area contributed by atoms with Crippen LogP contribution in [0.5, 0.6) is 5.75 Å². The lowest BCUT2D eigenvalue weighted by molar-refractivity contribution is 0.0521. The first-order chi connectivity index (χ1) is 16.4. The van der Waals surface area contributed by atoms with E-state index in [9.17, 15) is 13.6 Å². The second-order valence-corrected chi connectivity index (χ2v) is 8.30. The molecule has 0 aromatic heterocycles. The van der Waals surface area contributed by atoms with E-state index in [0.717, 1.165) is 23.6 Å². The Morgan fingerprint density at radius 2 is 1.74 bits per heavy atom. The standard InChI is InChI=1S/C27H22ClF3O3/c1-2-33-27(32)22-8-4-7-21(26(22)31)19-5-3-6-20(19)23-13-17(28)10-12-25(23)34-15-16-9-11-18(29)14-24(16)30/h4,7-14H,2-3,5-6,15H2,1H3. The van der Waals surface area contributed by atoms with Gasteiger partial charge in [-0.3, -0.25) is 0 Å². The van der Waals surface area contributed by atoms with Gasteiger partial charge in [0, 0.05) is 27.8 Å². The topological polar surface area (TPSA) is 35.5 Å². The van der Waals surface area contributed by atoms with Gasteiger partial charge in [0.1, 0.15) is 29.8 Å². The Balaban J connectivity index is 1.73. The van der Waals surface area contributed by atoms with Crippen molar-refractivity contribution in [2.45, 2.75) is 32.8 Å². The molecule has 0 fully saturated rings. The zero-order valence-electron chi connectivity index (χ0n) is 18.5. The van der Waals surface area contributed by atoms with E-state index in [-0.39, 0.29) is 24.3 Å². The Labute approximate surface area is 200 Å². The minimum absolute atomic E-state index is 0.115. The molecule has 0 bridgehead atoms. The quantitative estimate of drug-likeness (QED) is 0.322. The van der Waals surface area contributed by atoms with Crippen molar-refractivity contribution in [2.24, 2.45) is 0 Å². The van der Waals surface area contributed by atoms with Crippen molar-refractivity contribution in [3.63, 3.8) is 0 Å². The number of carbonyl (C=O) groups is 1. The molecule has 0 N–H and O–H groups in total. The fraction of sp³-hybridized carbons (Fsp3) is 0.222. The van der Waals surface area contributed by atoms with Gasteiger partial charge >= 0.3 is 5.97 Å². The molecule has 0 heterocycles. The third-order valence-corrected chi connectivity index (χ3v) is 5.94. The molecule has 176 valence electrons. The van der Waals surface area contributed by atoms with Crippen molar-refractivity contribution >= 4 is 28.7 Å². The highest BCUT2D eigenvalue weighted by molar-refractivity contribution is 6.30. The number of benzene rings is 3. The van der Waals surface area contributed by atoms with Crippen molar-refractivity contribution < 1.29 is 27.4 Å². The van der Waals surface area contributed by atoms with Crippen LogP contribution in [0, 0.1) is 17.5 Å². The van der Waals surface area contributed by atoms with Crippen molar-refractivity contribution in [2.75, 3.05) is 6.61 Å². The predicted molar refractivity (Wildman–Crippen MR) is 125 cm³/mol. The van der Waals surface area contributed by atoms with E-state index in [1.54, 1.807) is 37.3 Å². The van der Waals surface area contributed by atoms with Crippen LogP contribution in [0.2, 0.25) is 5.02 Å². The number of ether oxygens (including phenoxy) is 2. The van der Waals surface area contributed by atoms with Gasteiger partial charge in [-0.25, -0.2) is 18.0 Å². The van der Waals surface area contributed by atoms with Crippen LogP contribution in [0.1, 0.15) is 53.2 Å². The summed E-state index contributed by atoms with van der Waals surface area (Å²) in [5.74, 6) is -2.26. The van der Waals surface area contributed by atoms with Gasteiger partial charge in [0.2, 0.25) is 0 Å². The Kier molecular flexibility index (Phi) is 7.27. The largest absolute Gasteiger partial charge is 0.488 e. The molecular formula is C27H22ClF3O3. The van der Waals surface area contributed by atoms with Crippen molar-refractivity contribution in [1.82, 2.24) is 0 Å². The zero-order chi connectivity index (χ0) is 24.2. The highest BCUT2D eigenvalue weighted by Gasteiger charge is 2.25. The SMILES string of the molecule is CCOC(=O)c1cccc(C2=C(c3cc(Cl)ccc3OCc3ccc(F)cc3F)CCC2)c1F. The summed E-state index contributed by atoms with van der Waals surface area (Å²) in [6, 6.07) is 13.0. The molecule has 0 aliphatic heterocycles. The van der Waals surface area contributed by atoms with Crippen LogP contribution >= 0.6 is 11.6 Å². The molecule has 0 amide bonds. The second kappa shape index (κ2) is 10.3. The maximum Gasteiger partial charge on any atom is 0.341 e. The molecule has 3 nitrogen and oxygen atoms in total. The first kappa shape index (κ1) is 23.9. The third kappa shape index (κ3) is 4.97. The third-order valence-electron chi connectivity index (χ3n) is 5.70. The highest BCUT2D eigenvalue weighted by Crippen LogP contribution is 2.44. The first-order valence-electron chi connectivity index (χ1n) is 10.9. The molecule has 0 atom stereocenters. The van der Waals surface area contributed by atoms with Crippen LogP contribution in [0.3, 0.4) is 0 Å². The molecule has 0 spiro atoms. The summed E-state index contributed by atoms with van der Waals surface area (Å²) >= 11 is 6.27. The van der Waals surface area contributed by atoms with Crippen LogP contribution in [0.15, 0.2) is 54.6 Å². The maximum atomic E-state index is 15.3. The summed E-state index contributed by atoms with van der Waals surface area (Å²) in [7, 11) is 0. The van der Waals surface area contributed by atoms with E-state index in [1.165, 1.54) is 18.2 Å². The lowest BCUT2D eigenvalue weighted by Gasteiger charge is -2.16. The van der Waals surface area contributed by atoms with Gasteiger partial charge in [-0.05, 0) is 73.7 Å². The van der Waals surface area contributed by atoms with E-state index in [0.29, 0.717) is 34.7 Å². The molecule has 0 saturated carbocycles. The Morgan fingerprint density at radius 3 is 2.47 bits per heavy atom. The lowest BCUT2D eigenvalue weighted by atomic mass is 9.94. The fourth-order valence-corrected chi connectivity index (χ4v) is 4.30. The summed E-state index contributed by atoms with van der Waals surface area (Å²) in [5, 5.41) is 0.467. The normalized spacial score (nSPS) is 13.3. The minimum atomic E-state index is -0.713. The predicted octanol–water partition coefficient (Wildman–Crippen LogP) is 7.61. The summed E-state index contributed by atoms with van der Waals surface area (Å²) in [5.41, 5.74) is 2.68. The Bertz CT molecular complexity index is 1270. The van der Waals surface area contributed by atoms with E-state index >= 15 is 4.39 Å². The van der Waals surface area contributed by atoms with E-state index in [4.69, 9.17) is 21.1 Å². The van der Waals surface area contributed by atoms with Gasteiger partial charge in [-0.1, -0.05) is 23.7 Å². The van der Waals surface area contributed by atoms with Crippen LogP contribution in [-0.2, 0) is 11.3 Å². The second-order valence-electron chi connectivity index (χ2n) is 7.86. The average molecular weight is 487 g/mol. The van der Waals surface area contributed by atoms with Gasteiger partial charge in [0.15, 0.2) is 0 Å². The van der Waals surface area contributed by atoms with E-state index in [2.05, 4.69) is 0 Å². The molecule has 7 heteroatoms. The smallest absolute Gasteiger partial charge is 0.341 e. The molecule has 0 unspecified atom stereocenters. The van der Waals surface area contributed by atoms with Crippen LogP contribution in [-0.4, -0.2) is 12.6 Å². The van der Waals surface area contributed by atoms with Crippen LogP contribution in [0.4, 0.5) is 13.2 Å². The van der Waals surface area contributed by atoms with E-state index in [1.807, 2.05) is 0 Å². The van der Waals surface area contributed by atoms with Gasteiger partial charge in [-0.15, -0.1) is 0 Å². The van der Waals surface area contributed by atoms with Crippen molar-refractivity contribution in [1.29, 1.82) is 0 Å².